The van der Waals surface area contributed by atoms with Crippen LogP contribution < -0.4 is 16.2 Å². The molecule has 0 spiro atoms. The lowest BCUT2D eigenvalue weighted by Crippen LogP contribution is -2.62. The lowest BCUT2D eigenvalue weighted by Gasteiger charge is -2.49. The van der Waals surface area contributed by atoms with Crippen molar-refractivity contribution in [2.75, 3.05) is 25.0 Å². The van der Waals surface area contributed by atoms with Gasteiger partial charge in [0, 0.05) is 44.0 Å². The van der Waals surface area contributed by atoms with Crippen molar-refractivity contribution in [2.24, 2.45) is 0 Å². The molecule has 2 bridgehead atoms. The molecular formula is C25H26F6N4O2. The van der Waals surface area contributed by atoms with Gasteiger partial charge < -0.3 is 20.1 Å². The maximum absolute atomic E-state index is 15.5. The first-order valence-electron chi connectivity index (χ1n) is 12.1. The number of aromatic nitrogens is 1. The second-order valence-corrected chi connectivity index (χ2v) is 10.0. The molecule has 4 heterocycles. The van der Waals surface area contributed by atoms with E-state index in [0.29, 0.717) is 19.6 Å². The molecule has 2 N–H and O–H groups in total. The Labute approximate surface area is 208 Å². The highest BCUT2D eigenvalue weighted by Gasteiger charge is 2.54. The van der Waals surface area contributed by atoms with Gasteiger partial charge in [0.05, 0.1) is 22.9 Å². The number of anilines is 1. The minimum absolute atomic E-state index is 0.0265. The number of nitrogens with one attached hydrogen (secondary N) is 2. The number of amides is 1. The Kier molecular flexibility index (Phi) is 6.49. The van der Waals surface area contributed by atoms with Gasteiger partial charge in [0.2, 0.25) is 0 Å². The maximum atomic E-state index is 15.5. The van der Waals surface area contributed by atoms with Gasteiger partial charge in [-0.1, -0.05) is 18.2 Å². The number of rotatable bonds is 8. The number of fused-ring (bicyclic) bond motifs is 3. The van der Waals surface area contributed by atoms with Crippen LogP contribution in [0.15, 0.2) is 35.3 Å². The Balaban J connectivity index is 1.46. The highest BCUT2D eigenvalue weighted by molar-refractivity contribution is 5.99. The zero-order valence-electron chi connectivity index (χ0n) is 19.8. The average molecular weight is 528 g/mol. The van der Waals surface area contributed by atoms with Gasteiger partial charge in [-0.15, -0.1) is 0 Å². The third-order valence-electron chi connectivity index (χ3n) is 7.81. The second kappa shape index (κ2) is 9.38. The number of piperidine rings is 3. The Morgan fingerprint density at radius 2 is 1.81 bits per heavy atom. The molecule has 3 aliphatic heterocycles. The van der Waals surface area contributed by atoms with Gasteiger partial charge in [-0.2, -0.15) is 0 Å². The van der Waals surface area contributed by atoms with Crippen LogP contribution in [0.3, 0.4) is 0 Å². The minimum atomic E-state index is -3.05. The fraction of sp³-hybridized carbons (Fsp3) is 0.520. The summed E-state index contributed by atoms with van der Waals surface area (Å²) in [6.07, 6.45) is -4.22. The quantitative estimate of drug-likeness (QED) is 0.504. The number of nitrogens with zero attached hydrogens (tertiary/aromatic N) is 2. The number of halogens is 6. The van der Waals surface area contributed by atoms with Crippen molar-refractivity contribution in [1.82, 2.24) is 14.8 Å². The Hall–Kier alpha value is -3.02. The van der Waals surface area contributed by atoms with Crippen molar-refractivity contribution in [1.29, 1.82) is 0 Å². The zero-order chi connectivity index (χ0) is 26.5. The van der Waals surface area contributed by atoms with Crippen LogP contribution >= 0.6 is 0 Å². The number of benzene rings is 1. The molecule has 6 rings (SSSR count). The van der Waals surface area contributed by atoms with Gasteiger partial charge in [-0.25, -0.2) is 26.3 Å². The smallest absolute Gasteiger partial charge is 0.266 e. The SMILES string of the molecule is O=C(NCc1cccc(C(F)F)c1F)c1cn(C2(C(F)F)CC2)c(=O)cc1NC1CN2CCC1(F)CC2. The fourth-order valence-corrected chi connectivity index (χ4v) is 5.29. The number of carbonyl (C=O) groups excluding carboxylic acids is 1. The van der Waals surface area contributed by atoms with E-state index < -0.39 is 59.5 Å². The fourth-order valence-electron chi connectivity index (χ4n) is 5.29. The van der Waals surface area contributed by atoms with Gasteiger partial charge in [-0.3, -0.25) is 9.59 Å². The van der Waals surface area contributed by atoms with E-state index in [9.17, 15) is 31.5 Å². The van der Waals surface area contributed by atoms with Crippen LogP contribution in [0.1, 0.15) is 53.6 Å². The van der Waals surface area contributed by atoms with E-state index in [-0.39, 0.29) is 42.5 Å². The Bertz CT molecular complexity index is 1250. The van der Waals surface area contributed by atoms with Crippen LogP contribution in [-0.2, 0) is 12.1 Å². The van der Waals surface area contributed by atoms with E-state index in [1.807, 2.05) is 0 Å². The molecule has 4 fully saturated rings. The number of pyridine rings is 1. The van der Waals surface area contributed by atoms with E-state index in [1.54, 1.807) is 0 Å². The van der Waals surface area contributed by atoms with Crippen molar-refractivity contribution in [3.63, 3.8) is 0 Å². The number of carbonyl (C=O) groups is 1. The molecule has 1 aromatic carbocycles. The number of alkyl halides is 5. The highest BCUT2D eigenvalue weighted by atomic mass is 19.3. The van der Waals surface area contributed by atoms with Crippen LogP contribution in [0.5, 0.6) is 0 Å². The molecule has 3 saturated heterocycles. The van der Waals surface area contributed by atoms with Gasteiger partial charge in [0.15, 0.2) is 0 Å². The number of hydrogen-bond donors (Lipinski definition) is 2. The van der Waals surface area contributed by atoms with E-state index in [0.717, 1.165) is 22.9 Å². The molecule has 6 nitrogen and oxygen atoms in total. The van der Waals surface area contributed by atoms with Gasteiger partial charge in [-0.05, 0) is 25.7 Å². The molecule has 4 aliphatic rings. The van der Waals surface area contributed by atoms with Crippen LogP contribution in [0.2, 0.25) is 0 Å². The predicted molar refractivity (Wildman–Crippen MR) is 123 cm³/mol. The lowest BCUT2D eigenvalue weighted by molar-refractivity contribution is -0.0176. The van der Waals surface area contributed by atoms with Crippen molar-refractivity contribution >= 4 is 11.6 Å². The minimum Gasteiger partial charge on any atom is -0.377 e. The van der Waals surface area contributed by atoms with Crippen LogP contribution in [0, 0.1) is 5.82 Å². The monoisotopic (exact) mass is 528 g/mol. The highest BCUT2D eigenvalue weighted by Crippen LogP contribution is 2.48. The molecular weight excluding hydrogens is 502 g/mol. The molecule has 0 radical (unpaired) electrons. The third kappa shape index (κ3) is 4.60. The summed E-state index contributed by atoms with van der Waals surface area (Å²) < 4.78 is 84.5. The Morgan fingerprint density at radius 1 is 1.11 bits per heavy atom. The number of hydrogen-bond acceptors (Lipinski definition) is 4. The third-order valence-corrected chi connectivity index (χ3v) is 7.81. The summed E-state index contributed by atoms with van der Waals surface area (Å²) in [6, 6.07) is 3.67. The summed E-state index contributed by atoms with van der Waals surface area (Å²) >= 11 is 0. The van der Waals surface area contributed by atoms with Crippen molar-refractivity contribution < 1.29 is 31.1 Å². The molecule has 1 saturated carbocycles. The van der Waals surface area contributed by atoms with Gasteiger partial charge in [0.25, 0.3) is 24.3 Å². The van der Waals surface area contributed by atoms with E-state index >= 15 is 4.39 Å². The predicted octanol–water partition coefficient (Wildman–Crippen LogP) is 4.21. The Morgan fingerprint density at radius 3 is 2.41 bits per heavy atom. The molecule has 1 atom stereocenters. The first-order chi connectivity index (χ1) is 17.5. The first kappa shape index (κ1) is 25.6. The van der Waals surface area contributed by atoms with Gasteiger partial charge in [0.1, 0.15) is 17.0 Å². The normalized spacial score (nSPS) is 25.9. The summed E-state index contributed by atoms with van der Waals surface area (Å²) in [5, 5.41) is 5.37. The summed E-state index contributed by atoms with van der Waals surface area (Å²) in [5.41, 5.74) is -5.28. The molecule has 200 valence electrons. The van der Waals surface area contributed by atoms with Crippen LogP contribution in [0.25, 0.3) is 0 Å². The standard InChI is InChI=1S/C25H26F6N4O2/c26-20-14(2-1-3-15(20)21(27)28)11-32-22(37)16-12-35(25(4-5-25)23(29)30)19(36)10-17(16)33-18-13-34-8-6-24(18,31)7-9-34/h1-3,10,12,18,21,23,33H,4-9,11,13H2,(H,32,37). The van der Waals surface area contributed by atoms with Crippen LogP contribution in [-0.4, -0.2) is 53.1 Å². The van der Waals surface area contributed by atoms with Crippen molar-refractivity contribution in [3.05, 3.63) is 63.3 Å². The van der Waals surface area contributed by atoms with Crippen LogP contribution in [0.4, 0.5) is 32.0 Å². The first-order valence-corrected chi connectivity index (χ1v) is 12.1. The van der Waals surface area contributed by atoms with Crippen molar-refractivity contribution in [3.8, 4) is 0 Å². The summed E-state index contributed by atoms with van der Waals surface area (Å²) in [7, 11) is 0. The molecule has 1 aliphatic carbocycles. The largest absolute Gasteiger partial charge is 0.377 e. The molecule has 37 heavy (non-hydrogen) atoms. The van der Waals surface area contributed by atoms with Crippen molar-refractivity contribution in [2.45, 2.75) is 62.3 Å². The van der Waals surface area contributed by atoms with Gasteiger partial charge >= 0.3 is 0 Å². The molecule has 1 aromatic heterocycles. The summed E-state index contributed by atoms with van der Waals surface area (Å²) in [5.74, 6) is -2.01. The molecule has 2 aromatic rings. The van der Waals surface area contributed by atoms with E-state index in [1.165, 1.54) is 12.1 Å². The molecule has 12 heteroatoms. The summed E-state index contributed by atoms with van der Waals surface area (Å²) in [6.45, 7) is 1.05. The summed E-state index contributed by atoms with van der Waals surface area (Å²) in [4.78, 5) is 28.1. The lowest BCUT2D eigenvalue weighted by atomic mass is 9.80. The zero-order valence-corrected chi connectivity index (χ0v) is 19.8. The van der Waals surface area contributed by atoms with E-state index in [2.05, 4.69) is 15.5 Å². The maximum Gasteiger partial charge on any atom is 0.266 e. The second-order valence-electron chi connectivity index (χ2n) is 10.0. The topological polar surface area (TPSA) is 66.4 Å². The molecule has 1 amide bonds. The average Bonchev–Trinajstić information content (AvgIpc) is 3.66. The molecule has 1 unspecified atom stereocenters. The van der Waals surface area contributed by atoms with E-state index in [4.69, 9.17) is 0 Å².